The standard InChI is InChI=1S/C11H18N2O2/c1-8-7-12-11(13-8)9(2)15-10-5-3-4-6-14-10/h7,9-10H,3-6H2,1-2H3,(H,12,13). The predicted molar refractivity (Wildman–Crippen MR) is 56.4 cm³/mol. The van der Waals surface area contributed by atoms with Crippen LogP contribution in [0.4, 0.5) is 0 Å². The maximum absolute atomic E-state index is 5.77. The van der Waals surface area contributed by atoms with E-state index in [0.29, 0.717) is 0 Å². The molecule has 2 unspecified atom stereocenters. The number of aromatic nitrogens is 2. The van der Waals surface area contributed by atoms with Gasteiger partial charge in [-0.15, -0.1) is 0 Å². The summed E-state index contributed by atoms with van der Waals surface area (Å²) in [6, 6.07) is 0. The lowest BCUT2D eigenvalue weighted by molar-refractivity contribution is -0.187. The summed E-state index contributed by atoms with van der Waals surface area (Å²) in [6.45, 7) is 4.80. The fourth-order valence-electron chi connectivity index (χ4n) is 1.75. The fourth-order valence-corrected chi connectivity index (χ4v) is 1.75. The Morgan fingerprint density at radius 3 is 3.07 bits per heavy atom. The van der Waals surface area contributed by atoms with Crippen LogP contribution >= 0.6 is 0 Å². The van der Waals surface area contributed by atoms with Gasteiger partial charge in [0.25, 0.3) is 0 Å². The molecule has 1 N–H and O–H groups in total. The van der Waals surface area contributed by atoms with Crippen molar-refractivity contribution in [1.29, 1.82) is 0 Å². The summed E-state index contributed by atoms with van der Waals surface area (Å²) in [5, 5.41) is 0. The van der Waals surface area contributed by atoms with Crippen LogP contribution in [0.5, 0.6) is 0 Å². The van der Waals surface area contributed by atoms with Crippen molar-refractivity contribution in [2.24, 2.45) is 0 Å². The van der Waals surface area contributed by atoms with Gasteiger partial charge in [-0.05, 0) is 33.1 Å². The number of hydrogen-bond donors (Lipinski definition) is 1. The zero-order valence-electron chi connectivity index (χ0n) is 9.32. The number of nitrogens with zero attached hydrogens (tertiary/aromatic N) is 1. The van der Waals surface area contributed by atoms with Crippen molar-refractivity contribution in [3.63, 3.8) is 0 Å². The van der Waals surface area contributed by atoms with Crippen LogP contribution in [0.1, 0.15) is 43.8 Å². The van der Waals surface area contributed by atoms with Crippen molar-refractivity contribution < 1.29 is 9.47 Å². The lowest BCUT2D eigenvalue weighted by atomic mass is 10.2. The third-order valence-electron chi connectivity index (χ3n) is 2.60. The van der Waals surface area contributed by atoms with Crippen LogP contribution in [0, 0.1) is 6.92 Å². The van der Waals surface area contributed by atoms with E-state index in [1.165, 1.54) is 6.42 Å². The third kappa shape index (κ3) is 2.79. The normalized spacial score (nSPS) is 24.0. The van der Waals surface area contributed by atoms with Gasteiger partial charge >= 0.3 is 0 Å². The number of imidazole rings is 1. The Balaban J connectivity index is 1.88. The first-order chi connectivity index (χ1) is 7.25. The summed E-state index contributed by atoms with van der Waals surface area (Å²) >= 11 is 0. The predicted octanol–water partition coefficient (Wildman–Crippen LogP) is 2.32. The molecule has 1 aliphatic heterocycles. The van der Waals surface area contributed by atoms with Gasteiger partial charge in [0, 0.05) is 18.5 Å². The minimum absolute atomic E-state index is 0.0261. The van der Waals surface area contributed by atoms with Gasteiger partial charge in [-0.2, -0.15) is 0 Å². The Hall–Kier alpha value is -0.870. The highest BCUT2D eigenvalue weighted by Crippen LogP contribution is 2.21. The molecule has 2 rings (SSSR count). The fraction of sp³-hybridized carbons (Fsp3) is 0.727. The first-order valence-corrected chi connectivity index (χ1v) is 5.54. The summed E-state index contributed by atoms with van der Waals surface area (Å²) in [4.78, 5) is 7.42. The van der Waals surface area contributed by atoms with E-state index in [1.807, 2.05) is 20.0 Å². The molecule has 4 heteroatoms. The van der Waals surface area contributed by atoms with E-state index in [1.54, 1.807) is 0 Å². The van der Waals surface area contributed by atoms with Crippen molar-refractivity contribution >= 4 is 0 Å². The maximum Gasteiger partial charge on any atom is 0.158 e. The van der Waals surface area contributed by atoms with Crippen LogP contribution in [0.25, 0.3) is 0 Å². The summed E-state index contributed by atoms with van der Waals surface area (Å²) in [7, 11) is 0. The van der Waals surface area contributed by atoms with E-state index in [2.05, 4.69) is 9.97 Å². The van der Waals surface area contributed by atoms with Gasteiger partial charge in [0.1, 0.15) is 11.9 Å². The van der Waals surface area contributed by atoms with Gasteiger partial charge in [-0.1, -0.05) is 0 Å². The molecular weight excluding hydrogens is 192 g/mol. The smallest absolute Gasteiger partial charge is 0.158 e. The van der Waals surface area contributed by atoms with Crippen LogP contribution in [-0.4, -0.2) is 22.9 Å². The van der Waals surface area contributed by atoms with Gasteiger partial charge < -0.3 is 14.5 Å². The van der Waals surface area contributed by atoms with Crippen LogP contribution in [0.15, 0.2) is 6.20 Å². The molecule has 0 radical (unpaired) electrons. The van der Waals surface area contributed by atoms with Crippen molar-refractivity contribution in [2.75, 3.05) is 6.61 Å². The first-order valence-electron chi connectivity index (χ1n) is 5.54. The van der Waals surface area contributed by atoms with E-state index < -0.39 is 0 Å². The Bertz CT molecular complexity index is 305. The van der Waals surface area contributed by atoms with E-state index in [-0.39, 0.29) is 12.4 Å². The van der Waals surface area contributed by atoms with Gasteiger partial charge in [0.05, 0.1) is 0 Å². The molecule has 1 aromatic heterocycles. The average Bonchev–Trinajstić information content (AvgIpc) is 2.66. The number of aromatic amines is 1. The largest absolute Gasteiger partial charge is 0.353 e. The average molecular weight is 210 g/mol. The Morgan fingerprint density at radius 2 is 2.47 bits per heavy atom. The van der Waals surface area contributed by atoms with E-state index >= 15 is 0 Å². The second-order valence-corrected chi connectivity index (χ2v) is 4.03. The molecule has 2 atom stereocenters. The number of nitrogens with one attached hydrogen (secondary N) is 1. The minimum Gasteiger partial charge on any atom is -0.353 e. The zero-order valence-corrected chi connectivity index (χ0v) is 9.32. The lowest BCUT2D eigenvalue weighted by Gasteiger charge is -2.25. The molecule has 15 heavy (non-hydrogen) atoms. The summed E-state index contributed by atoms with van der Waals surface area (Å²) in [6.07, 6.45) is 5.06. The number of H-pyrrole nitrogens is 1. The molecule has 0 aromatic carbocycles. The van der Waals surface area contributed by atoms with E-state index in [0.717, 1.165) is 31.0 Å². The Morgan fingerprint density at radius 1 is 1.60 bits per heavy atom. The van der Waals surface area contributed by atoms with Crippen LogP contribution in [-0.2, 0) is 9.47 Å². The molecule has 1 fully saturated rings. The zero-order chi connectivity index (χ0) is 10.7. The van der Waals surface area contributed by atoms with E-state index in [9.17, 15) is 0 Å². The minimum atomic E-state index is -0.0563. The second kappa shape index (κ2) is 4.77. The topological polar surface area (TPSA) is 47.1 Å². The molecule has 0 spiro atoms. The lowest BCUT2D eigenvalue weighted by Crippen LogP contribution is -2.23. The highest BCUT2D eigenvalue weighted by molar-refractivity contribution is 5.00. The molecule has 2 heterocycles. The van der Waals surface area contributed by atoms with Gasteiger partial charge in [-0.25, -0.2) is 4.98 Å². The van der Waals surface area contributed by atoms with E-state index in [4.69, 9.17) is 9.47 Å². The van der Waals surface area contributed by atoms with Crippen molar-refractivity contribution in [3.8, 4) is 0 Å². The summed E-state index contributed by atoms with van der Waals surface area (Å²) < 4.78 is 11.3. The Labute approximate surface area is 90.0 Å². The molecule has 0 bridgehead atoms. The molecule has 1 saturated heterocycles. The van der Waals surface area contributed by atoms with Gasteiger partial charge in [0.15, 0.2) is 6.29 Å². The third-order valence-corrected chi connectivity index (χ3v) is 2.60. The number of ether oxygens (including phenoxy) is 2. The molecule has 1 aliphatic rings. The molecule has 1 aromatic rings. The molecule has 0 saturated carbocycles. The second-order valence-electron chi connectivity index (χ2n) is 4.03. The van der Waals surface area contributed by atoms with Gasteiger partial charge in [0.2, 0.25) is 0 Å². The highest BCUT2D eigenvalue weighted by Gasteiger charge is 2.19. The quantitative estimate of drug-likeness (QED) is 0.832. The molecule has 4 nitrogen and oxygen atoms in total. The molecular formula is C11H18N2O2. The summed E-state index contributed by atoms with van der Waals surface area (Å²) in [5.41, 5.74) is 1.06. The molecule has 0 aliphatic carbocycles. The monoisotopic (exact) mass is 210 g/mol. The summed E-state index contributed by atoms with van der Waals surface area (Å²) in [5.74, 6) is 0.877. The molecule has 84 valence electrons. The van der Waals surface area contributed by atoms with Crippen LogP contribution < -0.4 is 0 Å². The Kier molecular flexibility index (Phi) is 3.38. The highest BCUT2D eigenvalue weighted by atomic mass is 16.7. The SMILES string of the molecule is Cc1cnc(C(C)OC2CCCCO2)[nH]1. The van der Waals surface area contributed by atoms with Gasteiger partial charge in [-0.3, -0.25) is 0 Å². The van der Waals surface area contributed by atoms with Crippen molar-refractivity contribution in [1.82, 2.24) is 9.97 Å². The number of hydrogen-bond acceptors (Lipinski definition) is 3. The van der Waals surface area contributed by atoms with Crippen LogP contribution in [0.3, 0.4) is 0 Å². The molecule has 0 amide bonds. The van der Waals surface area contributed by atoms with Crippen LogP contribution in [0.2, 0.25) is 0 Å². The number of aryl methyl sites for hydroxylation is 1. The van der Waals surface area contributed by atoms with Crippen molar-refractivity contribution in [2.45, 2.75) is 45.5 Å². The van der Waals surface area contributed by atoms with Crippen molar-refractivity contribution in [3.05, 3.63) is 17.7 Å². The maximum atomic E-state index is 5.77. The number of rotatable bonds is 3. The first kappa shape index (κ1) is 10.6.